The molecule has 0 bridgehead atoms. The summed E-state index contributed by atoms with van der Waals surface area (Å²) in [4.78, 5) is 16.5. The Morgan fingerprint density at radius 3 is 2.38 bits per heavy atom. The van der Waals surface area contributed by atoms with Crippen LogP contribution in [0.2, 0.25) is 0 Å². The molecule has 0 atom stereocenters. The molecule has 0 aliphatic carbocycles. The van der Waals surface area contributed by atoms with Gasteiger partial charge in [-0.05, 0) is 56.2 Å². The van der Waals surface area contributed by atoms with Crippen molar-refractivity contribution >= 4 is 23.0 Å². The van der Waals surface area contributed by atoms with Crippen molar-refractivity contribution in [2.24, 2.45) is 0 Å². The number of hydrogen-bond donors (Lipinski definition) is 2. The maximum absolute atomic E-state index is 13.3. The first kappa shape index (κ1) is 17.6. The van der Waals surface area contributed by atoms with E-state index in [1.807, 2.05) is 13.8 Å². The maximum Gasteiger partial charge on any atom is 0.257 e. The van der Waals surface area contributed by atoms with E-state index in [-0.39, 0.29) is 5.91 Å². The Labute approximate surface area is 152 Å². The molecule has 5 heteroatoms. The largest absolute Gasteiger partial charge is 0.354 e. The Kier molecular flexibility index (Phi) is 4.98. The zero-order valence-electron chi connectivity index (χ0n) is 14.9. The Hall–Kier alpha value is -3.21. The zero-order valence-corrected chi connectivity index (χ0v) is 14.9. The standard InChI is InChI=1S/C21H20FN3O/c1-13-7-14(2)20(15(3)8-13)24-19-9-16(11-23-12-19)21(26)25-18-6-4-5-17(22)10-18/h4-12,24H,1-3H3,(H,25,26). The molecule has 3 aromatic rings. The number of rotatable bonds is 4. The normalized spacial score (nSPS) is 10.5. The van der Waals surface area contributed by atoms with Gasteiger partial charge in [-0.1, -0.05) is 23.8 Å². The summed E-state index contributed by atoms with van der Waals surface area (Å²) in [5, 5.41) is 6.01. The van der Waals surface area contributed by atoms with E-state index in [9.17, 15) is 9.18 Å². The number of benzene rings is 2. The first-order valence-corrected chi connectivity index (χ1v) is 8.29. The molecule has 4 nitrogen and oxygen atoms in total. The van der Waals surface area contributed by atoms with Crippen LogP contribution in [0.4, 0.5) is 21.5 Å². The first-order valence-electron chi connectivity index (χ1n) is 8.29. The molecule has 2 aromatic carbocycles. The summed E-state index contributed by atoms with van der Waals surface area (Å²) in [6.45, 7) is 6.13. The molecule has 0 aliphatic rings. The van der Waals surface area contributed by atoms with Crippen molar-refractivity contribution in [1.29, 1.82) is 0 Å². The van der Waals surface area contributed by atoms with Crippen LogP contribution in [0.15, 0.2) is 54.9 Å². The van der Waals surface area contributed by atoms with Crippen LogP contribution in [0.3, 0.4) is 0 Å². The minimum Gasteiger partial charge on any atom is -0.354 e. The van der Waals surface area contributed by atoms with Crippen molar-refractivity contribution in [3.8, 4) is 0 Å². The minimum absolute atomic E-state index is 0.343. The lowest BCUT2D eigenvalue weighted by atomic mass is 10.0. The number of nitrogens with one attached hydrogen (secondary N) is 2. The molecule has 2 N–H and O–H groups in total. The van der Waals surface area contributed by atoms with Gasteiger partial charge in [-0.2, -0.15) is 0 Å². The minimum atomic E-state index is -0.401. The molecule has 3 rings (SSSR count). The maximum atomic E-state index is 13.3. The summed E-state index contributed by atoms with van der Waals surface area (Å²) >= 11 is 0. The highest BCUT2D eigenvalue weighted by atomic mass is 19.1. The SMILES string of the molecule is Cc1cc(C)c(Nc2cncc(C(=O)Nc3cccc(F)c3)c2)c(C)c1. The molecule has 1 aromatic heterocycles. The molecular weight excluding hydrogens is 329 g/mol. The summed E-state index contributed by atoms with van der Waals surface area (Å²) in [5.41, 5.74) is 5.95. The van der Waals surface area contributed by atoms with Crippen LogP contribution >= 0.6 is 0 Å². The highest BCUT2D eigenvalue weighted by Crippen LogP contribution is 2.26. The molecule has 0 fully saturated rings. The van der Waals surface area contributed by atoms with E-state index in [4.69, 9.17) is 0 Å². The first-order chi connectivity index (χ1) is 12.4. The monoisotopic (exact) mass is 349 g/mol. The Morgan fingerprint density at radius 1 is 0.962 bits per heavy atom. The topological polar surface area (TPSA) is 54.0 Å². The second-order valence-corrected chi connectivity index (χ2v) is 6.33. The fourth-order valence-corrected chi connectivity index (χ4v) is 2.92. The highest BCUT2D eigenvalue weighted by Gasteiger charge is 2.10. The van der Waals surface area contributed by atoms with Crippen molar-refractivity contribution in [1.82, 2.24) is 4.98 Å². The van der Waals surface area contributed by atoms with Crippen LogP contribution in [0.1, 0.15) is 27.0 Å². The second-order valence-electron chi connectivity index (χ2n) is 6.33. The lowest BCUT2D eigenvalue weighted by molar-refractivity contribution is 0.102. The average molecular weight is 349 g/mol. The van der Waals surface area contributed by atoms with Gasteiger partial charge >= 0.3 is 0 Å². The number of carbonyl (C=O) groups excluding carboxylic acids is 1. The fraction of sp³-hybridized carbons (Fsp3) is 0.143. The quantitative estimate of drug-likeness (QED) is 0.685. The smallest absolute Gasteiger partial charge is 0.257 e. The second kappa shape index (κ2) is 7.35. The Morgan fingerprint density at radius 2 is 1.69 bits per heavy atom. The molecule has 1 heterocycles. The van der Waals surface area contributed by atoms with Gasteiger partial charge in [0.25, 0.3) is 5.91 Å². The van der Waals surface area contributed by atoms with E-state index in [1.165, 1.54) is 23.9 Å². The third-order valence-corrected chi connectivity index (χ3v) is 4.03. The molecule has 0 saturated heterocycles. The van der Waals surface area contributed by atoms with Crippen LogP contribution < -0.4 is 10.6 Å². The fourth-order valence-electron chi connectivity index (χ4n) is 2.92. The lowest BCUT2D eigenvalue weighted by Crippen LogP contribution is -2.12. The number of pyridine rings is 1. The molecule has 0 unspecified atom stereocenters. The van der Waals surface area contributed by atoms with E-state index in [2.05, 4.69) is 34.7 Å². The molecule has 26 heavy (non-hydrogen) atoms. The van der Waals surface area contributed by atoms with E-state index < -0.39 is 5.82 Å². The third kappa shape index (κ3) is 4.06. The van der Waals surface area contributed by atoms with Crippen molar-refractivity contribution in [3.05, 3.63) is 82.9 Å². The van der Waals surface area contributed by atoms with Crippen molar-refractivity contribution in [3.63, 3.8) is 0 Å². The van der Waals surface area contributed by atoms with Gasteiger partial charge in [0.05, 0.1) is 17.4 Å². The predicted molar refractivity (Wildman–Crippen MR) is 103 cm³/mol. The molecule has 0 saturated carbocycles. The molecule has 0 spiro atoms. The number of aryl methyl sites for hydroxylation is 3. The van der Waals surface area contributed by atoms with Crippen molar-refractivity contribution in [2.75, 3.05) is 10.6 Å². The number of anilines is 3. The molecule has 1 amide bonds. The van der Waals surface area contributed by atoms with Crippen LogP contribution in [-0.2, 0) is 0 Å². The zero-order chi connectivity index (χ0) is 18.7. The predicted octanol–water partition coefficient (Wildman–Crippen LogP) is 5.14. The summed E-state index contributed by atoms with van der Waals surface area (Å²) < 4.78 is 13.3. The van der Waals surface area contributed by atoms with Gasteiger partial charge in [-0.15, -0.1) is 0 Å². The van der Waals surface area contributed by atoms with Gasteiger partial charge < -0.3 is 10.6 Å². The number of hydrogen-bond acceptors (Lipinski definition) is 3. The van der Waals surface area contributed by atoms with E-state index >= 15 is 0 Å². The summed E-state index contributed by atoms with van der Waals surface area (Å²) in [6.07, 6.45) is 3.15. The number of carbonyl (C=O) groups is 1. The van der Waals surface area contributed by atoms with E-state index in [1.54, 1.807) is 24.4 Å². The average Bonchev–Trinajstić information content (AvgIpc) is 2.58. The third-order valence-electron chi connectivity index (χ3n) is 4.03. The van der Waals surface area contributed by atoms with Crippen LogP contribution in [-0.4, -0.2) is 10.9 Å². The molecule has 0 aliphatic heterocycles. The summed E-state index contributed by atoms with van der Waals surface area (Å²) in [6, 6.07) is 11.7. The van der Waals surface area contributed by atoms with E-state index in [0.717, 1.165) is 16.8 Å². The van der Waals surface area contributed by atoms with Crippen molar-refractivity contribution < 1.29 is 9.18 Å². The number of amides is 1. The number of nitrogens with zero attached hydrogens (tertiary/aromatic N) is 1. The van der Waals surface area contributed by atoms with Gasteiger partial charge in [0.15, 0.2) is 0 Å². The summed E-state index contributed by atoms with van der Waals surface area (Å²) in [7, 11) is 0. The number of aromatic nitrogens is 1. The molecular formula is C21H20FN3O. The Bertz CT molecular complexity index is 946. The summed E-state index contributed by atoms with van der Waals surface area (Å²) in [5.74, 6) is -0.745. The van der Waals surface area contributed by atoms with Gasteiger partial charge in [0, 0.05) is 17.6 Å². The van der Waals surface area contributed by atoms with Crippen molar-refractivity contribution in [2.45, 2.75) is 20.8 Å². The van der Waals surface area contributed by atoms with E-state index in [0.29, 0.717) is 16.9 Å². The van der Waals surface area contributed by atoms with Gasteiger partial charge in [-0.25, -0.2) is 4.39 Å². The number of halogens is 1. The molecule has 132 valence electrons. The Balaban J connectivity index is 1.81. The molecule has 0 radical (unpaired) electrons. The van der Waals surface area contributed by atoms with Gasteiger partial charge in [0.2, 0.25) is 0 Å². The van der Waals surface area contributed by atoms with Crippen LogP contribution in [0.5, 0.6) is 0 Å². The highest BCUT2D eigenvalue weighted by molar-refractivity contribution is 6.04. The lowest BCUT2D eigenvalue weighted by Gasteiger charge is -2.14. The van der Waals surface area contributed by atoms with Crippen LogP contribution in [0.25, 0.3) is 0 Å². The van der Waals surface area contributed by atoms with Gasteiger partial charge in [-0.3, -0.25) is 9.78 Å². The van der Waals surface area contributed by atoms with Gasteiger partial charge in [0.1, 0.15) is 5.82 Å². The van der Waals surface area contributed by atoms with Crippen LogP contribution in [0, 0.1) is 26.6 Å².